The van der Waals surface area contributed by atoms with E-state index in [1.54, 1.807) is 30.3 Å². The minimum atomic E-state index is -0.568. The molecule has 1 heterocycles. The molecule has 0 aliphatic carbocycles. The second kappa shape index (κ2) is 12.0. The normalized spacial score (nSPS) is 14.7. The van der Waals surface area contributed by atoms with Gasteiger partial charge in [0.05, 0.1) is 6.61 Å². The van der Waals surface area contributed by atoms with Crippen molar-refractivity contribution in [3.05, 3.63) is 88.0 Å². The third kappa shape index (κ3) is 6.31. The number of hydrogen-bond acceptors (Lipinski definition) is 5. The third-order valence-corrected chi connectivity index (χ3v) is 5.92. The summed E-state index contributed by atoms with van der Waals surface area (Å²) in [5.74, 6) is -0.0828. The van der Waals surface area contributed by atoms with E-state index in [9.17, 15) is 9.59 Å². The number of ether oxygens (including phenoxy) is 2. The number of carbonyl (C=O) groups excluding carboxylic acids is 2. The molecule has 1 N–H and O–H groups in total. The summed E-state index contributed by atoms with van der Waals surface area (Å²) in [5, 5.41) is 3.61. The Morgan fingerprint density at radius 2 is 1.86 bits per heavy atom. The molecular formula is C26H24Cl2N2O4S. The number of nitrogens with one attached hydrogen (secondary N) is 1. The second-order valence-electron chi connectivity index (χ2n) is 7.48. The molecule has 0 radical (unpaired) electrons. The molecule has 3 rings (SSSR count). The lowest BCUT2D eigenvalue weighted by Crippen LogP contribution is -2.53. The van der Waals surface area contributed by atoms with E-state index in [2.05, 4.69) is 18.5 Å². The van der Waals surface area contributed by atoms with Crippen LogP contribution in [0.5, 0.6) is 11.5 Å². The van der Waals surface area contributed by atoms with E-state index in [0.29, 0.717) is 40.1 Å². The van der Waals surface area contributed by atoms with Crippen molar-refractivity contribution in [2.24, 2.45) is 0 Å². The Labute approximate surface area is 219 Å². The number of nitrogens with zero attached hydrogens (tertiary/aromatic N) is 1. The highest BCUT2D eigenvalue weighted by molar-refractivity contribution is 7.80. The first kappa shape index (κ1) is 26.5. The summed E-state index contributed by atoms with van der Waals surface area (Å²) in [6, 6.07) is 8.72. The summed E-state index contributed by atoms with van der Waals surface area (Å²) >= 11 is 17.4. The van der Waals surface area contributed by atoms with Crippen LogP contribution in [0.3, 0.4) is 0 Å². The van der Waals surface area contributed by atoms with Crippen LogP contribution in [-0.2, 0) is 22.6 Å². The van der Waals surface area contributed by atoms with Crippen LogP contribution in [0.25, 0.3) is 6.08 Å². The van der Waals surface area contributed by atoms with E-state index in [1.165, 1.54) is 17.1 Å². The van der Waals surface area contributed by atoms with Gasteiger partial charge in [-0.25, -0.2) is 0 Å². The maximum atomic E-state index is 12.9. The molecule has 1 aliphatic rings. The lowest BCUT2D eigenvalue weighted by atomic mass is 10.0. The van der Waals surface area contributed by atoms with Crippen LogP contribution >= 0.6 is 35.4 Å². The van der Waals surface area contributed by atoms with Gasteiger partial charge in [-0.05, 0) is 61.5 Å². The fraction of sp³-hybridized carbons (Fsp3) is 0.192. The quantitative estimate of drug-likeness (QED) is 0.190. The van der Waals surface area contributed by atoms with Crippen molar-refractivity contribution in [2.75, 3.05) is 13.2 Å². The average Bonchev–Trinajstić information content (AvgIpc) is 2.80. The number of rotatable bonds is 10. The molecule has 35 heavy (non-hydrogen) atoms. The molecule has 1 fully saturated rings. The van der Waals surface area contributed by atoms with Crippen molar-refractivity contribution in [2.45, 2.75) is 20.0 Å². The van der Waals surface area contributed by atoms with Crippen molar-refractivity contribution in [1.82, 2.24) is 10.2 Å². The van der Waals surface area contributed by atoms with Crippen molar-refractivity contribution in [1.29, 1.82) is 0 Å². The molecule has 0 unspecified atom stereocenters. The first-order valence-electron chi connectivity index (χ1n) is 10.8. The number of benzene rings is 2. The van der Waals surface area contributed by atoms with Gasteiger partial charge in [-0.15, -0.1) is 13.2 Å². The van der Waals surface area contributed by atoms with Gasteiger partial charge in [0.15, 0.2) is 16.6 Å². The number of hydrogen-bond donors (Lipinski definition) is 1. The van der Waals surface area contributed by atoms with Crippen molar-refractivity contribution >= 4 is 58.4 Å². The van der Waals surface area contributed by atoms with E-state index in [0.717, 1.165) is 11.1 Å². The predicted molar refractivity (Wildman–Crippen MR) is 143 cm³/mol. The van der Waals surface area contributed by atoms with Gasteiger partial charge in [0.2, 0.25) is 0 Å². The molecule has 9 heteroatoms. The van der Waals surface area contributed by atoms with Crippen molar-refractivity contribution in [3.8, 4) is 11.5 Å². The summed E-state index contributed by atoms with van der Waals surface area (Å²) in [5.41, 5.74) is 2.07. The number of thiocarbonyl (C=S) groups is 1. The lowest BCUT2D eigenvalue weighted by Gasteiger charge is -2.27. The molecule has 0 saturated carbocycles. The Hall–Kier alpha value is -3.13. The highest BCUT2D eigenvalue weighted by Gasteiger charge is 2.32. The fourth-order valence-electron chi connectivity index (χ4n) is 3.44. The zero-order valence-electron chi connectivity index (χ0n) is 19.1. The van der Waals surface area contributed by atoms with Crippen LogP contribution in [0.4, 0.5) is 0 Å². The lowest BCUT2D eigenvalue weighted by molar-refractivity contribution is -0.128. The summed E-state index contributed by atoms with van der Waals surface area (Å²) in [4.78, 5) is 26.7. The molecule has 2 amide bonds. The molecule has 6 nitrogen and oxygen atoms in total. The fourth-order valence-corrected chi connectivity index (χ4v) is 4.16. The molecule has 2 aromatic carbocycles. The van der Waals surface area contributed by atoms with Crippen LogP contribution in [0.1, 0.15) is 23.6 Å². The van der Waals surface area contributed by atoms with E-state index in [1.807, 2.05) is 13.0 Å². The van der Waals surface area contributed by atoms with Gasteiger partial charge >= 0.3 is 0 Å². The molecule has 2 aromatic rings. The number of halogens is 2. The number of amides is 2. The van der Waals surface area contributed by atoms with Gasteiger partial charge < -0.3 is 9.47 Å². The van der Waals surface area contributed by atoms with Crippen LogP contribution in [0.2, 0.25) is 10.0 Å². The minimum absolute atomic E-state index is 0.0454. The summed E-state index contributed by atoms with van der Waals surface area (Å²) in [6.07, 6.45) is 5.23. The molecule has 0 bridgehead atoms. The van der Waals surface area contributed by atoms with E-state index >= 15 is 0 Å². The predicted octanol–water partition coefficient (Wildman–Crippen LogP) is 5.51. The Bertz CT molecular complexity index is 1230. The Balaban J connectivity index is 2.01. The first-order chi connectivity index (χ1) is 16.8. The Morgan fingerprint density at radius 3 is 2.51 bits per heavy atom. The zero-order valence-corrected chi connectivity index (χ0v) is 21.4. The van der Waals surface area contributed by atoms with E-state index < -0.39 is 11.8 Å². The van der Waals surface area contributed by atoms with E-state index in [-0.39, 0.29) is 23.8 Å². The van der Waals surface area contributed by atoms with Crippen LogP contribution < -0.4 is 14.8 Å². The van der Waals surface area contributed by atoms with E-state index in [4.69, 9.17) is 44.9 Å². The monoisotopic (exact) mass is 530 g/mol. The zero-order chi connectivity index (χ0) is 25.5. The second-order valence-corrected chi connectivity index (χ2v) is 8.71. The molecule has 0 atom stereocenters. The topological polar surface area (TPSA) is 67.9 Å². The van der Waals surface area contributed by atoms with Gasteiger partial charge in [0.25, 0.3) is 11.8 Å². The number of allylic oxidation sites excluding steroid dienone is 1. The molecule has 0 spiro atoms. The standard InChI is InChI=1S/C26H24Cl2N2O4S/c1-4-7-17-11-16(12-20-24(31)29-26(35)30(10-5-2)25(20)32)13-22(33-6-3)23(17)34-15-18-8-9-19(27)14-21(18)28/h4-5,8-9,11-14H,1-2,6-7,10,15H2,3H3,(H,29,31,35)/b20-12+. The first-order valence-corrected chi connectivity index (χ1v) is 11.9. The van der Waals surface area contributed by atoms with Gasteiger partial charge in [-0.3, -0.25) is 19.8 Å². The molecular weight excluding hydrogens is 507 g/mol. The summed E-state index contributed by atoms with van der Waals surface area (Å²) in [6.45, 7) is 10.1. The Kier molecular flexibility index (Phi) is 9.09. The van der Waals surface area contributed by atoms with Crippen molar-refractivity contribution in [3.63, 3.8) is 0 Å². The smallest absolute Gasteiger partial charge is 0.265 e. The van der Waals surface area contributed by atoms with Crippen LogP contribution in [-0.4, -0.2) is 35.0 Å². The third-order valence-electron chi connectivity index (χ3n) is 5.01. The highest BCUT2D eigenvalue weighted by atomic mass is 35.5. The maximum absolute atomic E-state index is 12.9. The van der Waals surface area contributed by atoms with Crippen molar-refractivity contribution < 1.29 is 19.1 Å². The molecule has 1 aliphatic heterocycles. The highest BCUT2D eigenvalue weighted by Crippen LogP contribution is 2.36. The van der Waals surface area contributed by atoms with Crippen LogP contribution in [0, 0.1) is 0 Å². The molecule has 182 valence electrons. The molecule has 1 saturated heterocycles. The van der Waals surface area contributed by atoms with Crippen LogP contribution in [0.15, 0.2) is 61.2 Å². The minimum Gasteiger partial charge on any atom is -0.490 e. The molecule has 0 aromatic heterocycles. The number of carbonyl (C=O) groups is 2. The van der Waals surface area contributed by atoms with Gasteiger partial charge in [0, 0.05) is 27.7 Å². The summed E-state index contributed by atoms with van der Waals surface area (Å²) < 4.78 is 12.0. The summed E-state index contributed by atoms with van der Waals surface area (Å²) in [7, 11) is 0. The maximum Gasteiger partial charge on any atom is 0.265 e. The average molecular weight is 531 g/mol. The Morgan fingerprint density at radius 1 is 1.09 bits per heavy atom. The SMILES string of the molecule is C=CCc1cc(/C=C2\C(=O)NC(=S)N(CC=C)C2=O)cc(OCC)c1OCc1ccc(Cl)cc1Cl. The largest absolute Gasteiger partial charge is 0.490 e. The van der Waals surface area contributed by atoms with Gasteiger partial charge in [-0.2, -0.15) is 0 Å². The van der Waals surface area contributed by atoms with Gasteiger partial charge in [0.1, 0.15) is 12.2 Å². The van der Waals surface area contributed by atoms with Gasteiger partial charge in [-0.1, -0.05) is 41.4 Å².